The van der Waals surface area contributed by atoms with E-state index < -0.39 is 0 Å². The van der Waals surface area contributed by atoms with Crippen LogP contribution < -0.4 is 14.8 Å². The fourth-order valence-electron chi connectivity index (χ4n) is 2.13. The Bertz CT molecular complexity index is 584. The van der Waals surface area contributed by atoms with E-state index >= 15 is 0 Å². The lowest BCUT2D eigenvalue weighted by Gasteiger charge is -2.12. The zero-order chi connectivity index (χ0) is 15.1. The van der Waals surface area contributed by atoms with E-state index in [-0.39, 0.29) is 0 Å². The summed E-state index contributed by atoms with van der Waals surface area (Å²) in [6.45, 7) is 1.30. The molecule has 4 heteroatoms. The minimum Gasteiger partial charge on any atom is -0.497 e. The van der Waals surface area contributed by atoms with Gasteiger partial charge in [-0.3, -0.25) is 0 Å². The maximum atomic E-state index is 5.40. The van der Waals surface area contributed by atoms with Gasteiger partial charge in [0.15, 0.2) is 0 Å². The first-order valence-corrected chi connectivity index (χ1v) is 6.79. The first-order valence-electron chi connectivity index (χ1n) is 6.79. The molecule has 2 aromatic rings. The Morgan fingerprint density at radius 3 is 2.52 bits per heavy atom. The van der Waals surface area contributed by atoms with Gasteiger partial charge < -0.3 is 19.5 Å². The SMILES string of the molecule is COCc1cccc(NCc2ccc(OC)cc2OC)c1. The molecular weight excluding hydrogens is 266 g/mol. The lowest BCUT2D eigenvalue weighted by Crippen LogP contribution is -2.02. The van der Waals surface area contributed by atoms with Crippen molar-refractivity contribution in [3.63, 3.8) is 0 Å². The van der Waals surface area contributed by atoms with Crippen LogP contribution in [0, 0.1) is 0 Å². The topological polar surface area (TPSA) is 39.7 Å². The molecule has 0 unspecified atom stereocenters. The fraction of sp³-hybridized carbons (Fsp3) is 0.294. The molecule has 2 rings (SSSR count). The Balaban J connectivity index is 2.07. The van der Waals surface area contributed by atoms with Crippen molar-refractivity contribution in [2.24, 2.45) is 0 Å². The number of rotatable bonds is 7. The van der Waals surface area contributed by atoms with E-state index in [2.05, 4.69) is 11.4 Å². The van der Waals surface area contributed by atoms with Crippen molar-refractivity contribution in [1.82, 2.24) is 0 Å². The minimum absolute atomic E-state index is 0.612. The van der Waals surface area contributed by atoms with E-state index in [1.165, 1.54) is 0 Å². The molecule has 0 radical (unpaired) electrons. The van der Waals surface area contributed by atoms with E-state index in [1.54, 1.807) is 21.3 Å². The van der Waals surface area contributed by atoms with Crippen LogP contribution >= 0.6 is 0 Å². The van der Waals surface area contributed by atoms with E-state index in [1.807, 2.05) is 36.4 Å². The molecule has 0 aromatic heterocycles. The van der Waals surface area contributed by atoms with Crippen LogP contribution in [0.1, 0.15) is 11.1 Å². The fourth-order valence-corrected chi connectivity index (χ4v) is 2.13. The average Bonchev–Trinajstić information content (AvgIpc) is 2.53. The molecule has 0 aliphatic heterocycles. The first-order chi connectivity index (χ1) is 10.3. The summed E-state index contributed by atoms with van der Waals surface area (Å²) >= 11 is 0. The summed E-state index contributed by atoms with van der Waals surface area (Å²) in [6, 6.07) is 14.0. The van der Waals surface area contributed by atoms with E-state index in [4.69, 9.17) is 14.2 Å². The Kier molecular flexibility index (Phi) is 5.46. The summed E-state index contributed by atoms with van der Waals surface area (Å²) < 4.78 is 15.7. The van der Waals surface area contributed by atoms with Crippen molar-refractivity contribution in [3.05, 3.63) is 53.6 Å². The van der Waals surface area contributed by atoms with Gasteiger partial charge in [-0.25, -0.2) is 0 Å². The molecule has 0 fully saturated rings. The standard InChI is InChI=1S/C17H21NO3/c1-19-12-13-5-4-6-15(9-13)18-11-14-7-8-16(20-2)10-17(14)21-3/h4-10,18H,11-12H2,1-3H3. The highest BCUT2D eigenvalue weighted by Crippen LogP contribution is 2.25. The molecule has 1 N–H and O–H groups in total. The second kappa shape index (κ2) is 7.55. The number of hydrogen-bond acceptors (Lipinski definition) is 4. The molecule has 4 nitrogen and oxygen atoms in total. The second-order valence-electron chi connectivity index (χ2n) is 4.66. The molecule has 0 heterocycles. The van der Waals surface area contributed by atoms with E-state index in [0.717, 1.165) is 28.3 Å². The normalized spacial score (nSPS) is 10.2. The van der Waals surface area contributed by atoms with Crippen molar-refractivity contribution < 1.29 is 14.2 Å². The summed E-state index contributed by atoms with van der Waals surface area (Å²) in [5.74, 6) is 1.60. The number of nitrogens with one attached hydrogen (secondary N) is 1. The lowest BCUT2D eigenvalue weighted by atomic mass is 10.1. The van der Waals surface area contributed by atoms with Gasteiger partial charge in [0, 0.05) is 31.0 Å². The smallest absolute Gasteiger partial charge is 0.127 e. The molecule has 0 atom stereocenters. The summed E-state index contributed by atoms with van der Waals surface area (Å²) in [6.07, 6.45) is 0. The minimum atomic E-state index is 0.612. The van der Waals surface area contributed by atoms with E-state index in [0.29, 0.717) is 13.2 Å². The molecule has 0 aliphatic carbocycles. The summed E-state index contributed by atoms with van der Waals surface area (Å²) in [4.78, 5) is 0. The lowest BCUT2D eigenvalue weighted by molar-refractivity contribution is 0.185. The van der Waals surface area contributed by atoms with Crippen LogP contribution in [0.5, 0.6) is 11.5 Å². The molecular formula is C17H21NO3. The molecule has 0 bridgehead atoms. The van der Waals surface area contributed by atoms with Gasteiger partial charge in [-0.05, 0) is 29.8 Å². The zero-order valence-electron chi connectivity index (χ0n) is 12.7. The van der Waals surface area contributed by atoms with Gasteiger partial charge in [-0.2, -0.15) is 0 Å². The summed E-state index contributed by atoms with van der Waals surface area (Å²) in [7, 11) is 5.01. The Morgan fingerprint density at radius 1 is 0.952 bits per heavy atom. The van der Waals surface area contributed by atoms with Crippen LogP contribution in [-0.2, 0) is 17.9 Å². The first kappa shape index (κ1) is 15.2. The van der Waals surface area contributed by atoms with Crippen LogP contribution in [0.15, 0.2) is 42.5 Å². The quantitative estimate of drug-likeness (QED) is 0.846. The largest absolute Gasteiger partial charge is 0.497 e. The molecule has 112 valence electrons. The van der Waals surface area contributed by atoms with Gasteiger partial charge in [0.2, 0.25) is 0 Å². The second-order valence-corrected chi connectivity index (χ2v) is 4.66. The Hall–Kier alpha value is -2.20. The van der Waals surface area contributed by atoms with Gasteiger partial charge in [-0.15, -0.1) is 0 Å². The van der Waals surface area contributed by atoms with Crippen LogP contribution in [0.25, 0.3) is 0 Å². The number of hydrogen-bond donors (Lipinski definition) is 1. The van der Waals surface area contributed by atoms with Crippen LogP contribution in [-0.4, -0.2) is 21.3 Å². The number of methoxy groups -OCH3 is 3. The van der Waals surface area contributed by atoms with Gasteiger partial charge in [0.1, 0.15) is 11.5 Å². The van der Waals surface area contributed by atoms with Crippen molar-refractivity contribution in [3.8, 4) is 11.5 Å². The van der Waals surface area contributed by atoms with Gasteiger partial charge in [0.25, 0.3) is 0 Å². The van der Waals surface area contributed by atoms with Gasteiger partial charge in [0.05, 0.1) is 20.8 Å². The third-order valence-corrected chi connectivity index (χ3v) is 3.22. The highest BCUT2D eigenvalue weighted by molar-refractivity contribution is 5.48. The predicted octanol–water partition coefficient (Wildman–Crippen LogP) is 3.46. The molecule has 0 aliphatic rings. The zero-order valence-corrected chi connectivity index (χ0v) is 12.7. The highest BCUT2D eigenvalue weighted by atomic mass is 16.5. The Labute approximate surface area is 125 Å². The molecule has 21 heavy (non-hydrogen) atoms. The van der Waals surface area contributed by atoms with Crippen molar-refractivity contribution in [1.29, 1.82) is 0 Å². The number of anilines is 1. The van der Waals surface area contributed by atoms with Crippen molar-refractivity contribution in [2.75, 3.05) is 26.6 Å². The van der Waals surface area contributed by atoms with Crippen molar-refractivity contribution in [2.45, 2.75) is 13.2 Å². The molecule has 0 spiro atoms. The van der Waals surface area contributed by atoms with E-state index in [9.17, 15) is 0 Å². The maximum Gasteiger partial charge on any atom is 0.127 e. The molecule has 0 saturated heterocycles. The summed E-state index contributed by atoms with van der Waals surface area (Å²) in [5, 5.41) is 3.40. The Morgan fingerprint density at radius 2 is 1.81 bits per heavy atom. The van der Waals surface area contributed by atoms with Gasteiger partial charge >= 0.3 is 0 Å². The predicted molar refractivity (Wildman–Crippen MR) is 84.0 cm³/mol. The third kappa shape index (κ3) is 4.13. The number of ether oxygens (including phenoxy) is 3. The summed E-state index contributed by atoms with van der Waals surface area (Å²) in [5.41, 5.74) is 3.28. The van der Waals surface area contributed by atoms with Crippen LogP contribution in [0.3, 0.4) is 0 Å². The highest BCUT2D eigenvalue weighted by Gasteiger charge is 2.05. The molecule has 2 aromatic carbocycles. The molecule has 0 amide bonds. The van der Waals surface area contributed by atoms with Crippen LogP contribution in [0.4, 0.5) is 5.69 Å². The monoisotopic (exact) mass is 287 g/mol. The maximum absolute atomic E-state index is 5.40. The van der Waals surface area contributed by atoms with Gasteiger partial charge in [-0.1, -0.05) is 12.1 Å². The third-order valence-electron chi connectivity index (χ3n) is 3.22. The molecule has 0 saturated carbocycles. The van der Waals surface area contributed by atoms with Crippen molar-refractivity contribution >= 4 is 5.69 Å². The van der Waals surface area contributed by atoms with Crippen LogP contribution in [0.2, 0.25) is 0 Å². The number of benzene rings is 2. The average molecular weight is 287 g/mol.